The van der Waals surface area contributed by atoms with Crippen molar-refractivity contribution in [1.29, 1.82) is 0 Å². The van der Waals surface area contributed by atoms with E-state index in [9.17, 15) is 5.11 Å². The first-order valence-corrected chi connectivity index (χ1v) is 3.33. The lowest BCUT2D eigenvalue weighted by Crippen LogP contribution is -2.51. The molecule has 0 spiro atoms. The van der Waals surface area contributed by atoms with Crippen LogP contribution in [0.4, 0.5) is 0 Å². The van der Waals surface area contributed by atoms with E-state index in [1.165, 1.54) is 7.11 Å². The van der Waals surface area contributed by atoms with Crippen LogP contribution in [-0.4, -0.2) is 37.3 Å². The van der Waals surface area contributed by atoms with Crippen LogP contribution in [0.5, 0.6) is 0 Å². The molecule has 60 valence electrons. The van der Waals surface area contributed by atoms with E-state index < -0.39 is 18.4 Å². The van der Waals surface area contributed by atoms with Gasteiger partial charge in [-0.1, -0.05) is 0 Å². The van der Waals surface area contributed by atoms with Gasteiger partial charge in [-0.15, -0.1) is 0 Å². The quantitative estimate of drug-likeness (QED) is 0.503. The van der Waals surface area contributed by atoms with Gasteiger partial charge in [-0.25, -0.2) is 0 Å². The Balaban J connectivity index is 2.42. The average Bonchev–Trinajstić information content (AvgIpc) is 1.95. The minimum absolute atomic E-state index is 0.404. The van der Waals surface area contributed by atoms with Gasteiger partial charge in [-0.05, 0) is 6.42 Å². The highest BCUT2D eigenvalue weighted by atomic mass is 16.7. The lowest BCUT2D eigenvalue weighted by molar-refractivity contribution is -0.182. The second kappa shape index (κ2) is 3.30. The van der Waals surface area contributed by atoms with Crippen molar-refractivity contribution >= 4 is 0 Å². The van der Waals surface area contributed by atoms with Crippen LogP contribution in [-0.2, 0) is 9.47 Å². The van der Waals surface area contributed by atoms with Gasteiger partial charge < -0.3 is 20.3 Å². The minimum atomic E-state index is -0.487. The summed E-state index contributed by atoms with van der Waals surface area (Å²) in [5.74, 6) is 0. The van der Waals surface area contributed by atoms with Crippen LogP contribution >= 0.6 is 0 Å². The zero-order chi connectivity index (χ0) is 7.56. The third-order valence-electron chi connectivity index (χ3n) is 1.69. The molecule has 0 aromatic heterocycles. The van der Waals surface area contributed by atoms with Crippen LogP contribution in [0.2, 0.25) is 0 Å². The van der Waals surface area contributed by atoms with Crippen molar-refractivity contribution < 1.29 is 14.6 Å². The van der Waals surface area contributed by atoms with Gasteiger partial charge in [0, 0.05) is 7.11 Å². The molecule has 0 amide bonds. The molecular formula is C6H13NO3. The van der Waals surface area contributed by atoms with E-state index in [1.807, 2.05) is 0 Å². The van der Waals surface area contributed by atoms with Gasteiger partial charge >= 0.3 is 0 Å². The molecule has 1 heterocycles. The smallest absolute Gasteiger partial charge is 0.174 e. The summed E-state index contributed by atoms with van der Waals surface area (Å²) in [5, 5.41) is 9.19. The Kier molecular flexibility index (Phi) is 2.62. The Labute approximate surface area is 59.9 Å². The number of nitrogens with two attached hydrogens (primary N) is 1. The van der Waals surface area contributed by atoms with Crippen molar-refractivity contribution in [2.75, 3.05) is 13.7 Å². The molecule has 1 saturated heterocycles. The van der Waals surface area contributed by atoms with Crippen molar-refractivity contribution in [3.8, 4) is 0 Å². The van der Waals surface area contributed by atoms with E-state index in [0.717, 1.165) is 0 Å². The molecule has 1 rings (SSSR count). The van der Waals surface area contributed by atoms with Crippen molar-refractivity contribution in [3.63, 3.8) is 0 Å². The molecule has 4 heteroatoms. The monoisotopic (exact) mass is 147 g/mol. The Hall–Kier alpha value is -0.160. The van der Waals surface area contributed by atoms with Gasteiger partial charge in [0.2, 0.25) is 0 Å². The molecule has 3 atom stereocenters. The maximum atomic E-state index is 9.19. The molecule has 0 aromatic carbocycles. The normalized spacial score (nSPS) is 41.7. The minimum Gasteiger partial charge on any atom is -0.391 e. The Morgan fingerprint density at radius 1 is 1.70 bits per heavy atom. The fourth-order valence-corrected chi connectivity index (χ4v) is 1.02. The number of hydrogen-bond acceptors (Lipinski definition) is 4. The molecular weight excluding hydrogens is 134 g/mol. The predicted octanol–water partition coefficient (Wildman–Crippen LogP) is -0.933. The van der Waals surface area contributed by atoms with Crippen LogP contribution in [0.3, 0.4) is 0 Å². The molecule has 0 aromatic rings. The number of hydrogen-bond donors (Lipinski definition) is 2. The molecule has 1 aliphatic rings. The first kappa shape index (κ1) is 7.94. The lowest BCUT2D eigenvalue weighted by atomic mass is 10.1. The molecule has 4 nitrogen and oxygen atoms in total. The zero-order valence-corrected chi connectivity index (χ0v) is 5.99. The summed E-state index contributed by atoms with van der Waals surface area (Å²) in [6, 6.07) is -0.404. The van der Waals surface area contributed by atoms with Crippen LogP contribution in [0.15, 0.2) is 0 Å². The first-order valence-electron chi connectivity index (χ1n) is 3.33. The molecule has 0 bridgehead atoms. The second-order valence-corrected chi connectivity index (χ2v) is 2.41. The number of rotatable bonds is 1. The molecule has 1 aliphatic heterocycles. The van der Waals surface area contributed by atoms with Crippen LogP contribution in [0, 0.1) is 0 Å². The number of methoxy groups -OCH3 is 1. The first-order chi connectivity index (χ1) is 4.75. The van der Waals surface area contributed by atoms with E-state index >= 15 is 0 Å². The molecule has 0 unspecified atom stereocenters. The molecule has 0 radical (unpaired) electrons. The fourth-order valence-electron chi connectivity index (χ4n) is 1.02. The number of aliphatic hydroxyl groups is 1. The van der Waals surface area contributed by atoms with E-state index in [0.29, 0.717) is 13.0 Å². The summed E-state index contributed by atoms with van der Waals surface area (Å²) in [6.45, 7) is 0.521. The molecule has 0 aliphatic carbocycles. The standard InChI is InChI=1S/C6H13NO3/c1-9-6-5(7)4(8)2-3-10-6/h4-6,8H,2-3,7H2,1H3/t4-,5-,6+/m1/s1. The van der Waals surface area contributed by atoms with Crippen LogP contribution in [0.25, 0.3) is 0 Å². The predicted molar refractivity (Wildman–Crippen MR) is 35.3 cm³/mol. The van der Waals surface area contributed by atoms with Crippen molar-refractivity contribution in [1.82, 2.24) is 0 Å². The Morgan fingerprint density at radius 3 is 2.90 bits per heavy atom. The van der Waals surface area contributed by atoms with E-state index in [-0.39, 0.29) is 0 Å². The molecule has 10 heavy (non-hydrogen) atoms. The van der Waals surface area contributed by atoms with E-state index in [2.05, 4.69) is 0 Å². The van der Waals surface area contributed by atoms with Gasteiger partial charge in [0.25, 0.3) is 0 Å². The number of ether oxygens (including phenoxy) is 2. The summed E-state index contributed by atoms with van der Waals surface area (Å²) in [6.07, 6.45) is -0.330. The maximum absolute atomic E-state index is 9.19. The van der Waals surface area contributed by atoms with Gasteiger partial charge in [0.1, 0.15) is 0 Å². The lowest BCUT2D eigenvalue weighted by Gasteiger charge is -2.31. The van der Waals surface area contributed by atoms with E-state index in [1.54, 1.807) is 0 Å². The van der Waals surface area contributed by atoms with Gasteiger partial charge in [-0.2, -0.15) is 0 Å². The van der Waals surface area contributed by atoms with E-state index in [4.69, 9.17) is 15.2 Å². The zero-order valence-electron chi connectivity index (χ0n) is 5.99. The topological polar surface area (TPSA) is 64.7 Å². The summed E-state index contributed by atoms with van der Waals surface area (Å²) < 4.78 is 9.97. The maximum Gasteiger partial charge on any atom is 0.174 e. The fraction of sp³-hybridized carbons (Fsp3) is 1.00. The summed E-state index contributed by atoms with van der Waals surface area (Å²) in [4.78, 5) is 0. The second-order valence-electron chi connectivity index (χ2n) is 2.41. The van der Waals surface area contributed by atoms with Gasteiger partial charge in [-0.3, -0.25) is 0 Å². The molecule has 1 fully saturated rings. The Morgan fingerprint density at radius 2 is 2.40 bits per heavy atom. The third kappa shape index (κ3) is 1.46. The summed E-state index contributed by atoms with van der Waals surface area (Å²) in [7, 11) is 1.52. The molecule has 3 N–H and O–H groups in total. The van der Waals surface area contributed by atoms with Gasteiger partial charge in [0.15, 0.2) is 6.29 Å². The summed E-state index contributed by atoms with van der Waals surface area (Å²) in [5.41, 5.74) is 5.53. The Bertz CT molecular complexity index is 109. The molecule has 0 saturated carbocycles. The highest BCUT2D eigenvalue weighted by molar-refractivity contribution is 4.78. The van der Waals surface area contributed by atoms with Crippen LogP contribution in [0.1, 0.15) is 6.42 Å². The van der Waals surface area contributed by atoms with Crippen LogP contribution < -0.4 is 5.73 Å². The SMILES string of the molecule is CO[C@H]1OCC[C@@H](O)[C@H]1N. The van der Waals surface area contributed by atoms with Crippen molar-refractivity contribution in [3.05, 3.63) is 0 Å². The third-order valence-corrected chi connectivity index (χ3v) is 1.69. The largest absolute Gasteiger partial charge is 0.391 e. The van der Waals surface area contributed by atoms with Crippen molar-refractivity contribution in [2.24, 2.45) is 5.73 Å². The van der Waals surface area contributed by atoms with Gasteiger partial charge in [0.05, 0.1) is 18.8 Å². The summed E-state index contributed by atoms with van der Waals surface area (Å²) >= 11 is 0. The highest BCUT2D eigenvalue weighted by Gasteiger charge is 2.29. The van der Waals surface area contributed by atoms with Crippen molar-refractivity contribution in [2.45, 2.75) is 24.9 Å². The number of aliphatic hydroxyl groups excluding tert-OH is 1. The average molecular weight is 147 g/mol. The highest BCUT2D eigenvalue weighted by Crippen LogP contribution is 2.12.